The highest BCUT2D eigenvalue weighted by Crippen LogP contribution is 2.18. The van der Waals surface area contributed by atoms with Gasteiger partial charge in [0.25, 0.3) is 5.69 Å². The average molecular weight is 260 g/mol. The lowest BCUT2D eigenvalue weighted by Crippen LogP contribution is -2.29. The fourth-order valence-electron chi connectivity index (χ4n) is 1.58. The van der Waals surface area contributed by atoms with Crippen LogP contribution in [0.2, 0.25) is 0 Å². The molecule has 0 fully saturated rings. The Morgan fingerprint density at radius 1 is 1.42 bits per heavy atom. The van der Waals surface area contributed by atoms with Gasteiger partial charge in [-0.3, -0.25) is 14.9 Å². The molecule has 19 heavy (non-hydrogen) atoms. The van der Waals surface area contributed by atoms with Crippen LogP contribution in [0.4, 0.5) is 11.4 Å². The first kappa shape index (κ1) is 12.7. The van der Waals surface area contributed by atoms with Gasteiger partial charge in [0.05, 0.1) is 11.3 Å². The van der Waals surface area contributed by atoms with Crippen LogP contribution >= 0.6 is 0 Å². The molecule has 0 radical (unpaired) electrons. The van der Waals surface area contributed by atoms with Gasteiger partial charge < -0.3 is 9.47 Å². The van der Waals surface area contributed by atoms with Gasteiger partial charge in [0.1, 0.15) is 6.54 Å². The van der Waals surface area contributed by atoms with Gasteiger partial charge >= 0.3 is 0 Å². The molecule has 0 atom stereocenters. The first-order valence-electron chi connectivity index (χ1n) is 5.54. The number of nitro groups is 1. The number of amides is 1. The van der Waals surface area contributed by atoms with Gasteiger partial charge in [0.2, 0.25) is 5.91 Å². The Hall–Kier alpha value is -2.70. The molecule has 0 aliphatic heterocycles. The van der Waals surface area contributed by atoms with Gasteiger partial charge in [-0.25, -0.2) is 4.98 Å². The Kier molecular flexibility index (Phi) is 3.56. The monoisotopic (exact) mass is 260 g/mol. The second-order valence-electron chi connectivity index (χ2n) is 3.96. The van der Waals surface area contributed by atoms with Gasteiger partial charge in [0.15, 0.2) is 0 Å². The molecule has 0 spiro atoms. The quantitative estimate of drug-likeness (QED) is 0.615. The van der Waals surface area contributed by atoms with Crippen LogP contribution in [-0.4, -0.2) is 27.4 Å². The molecule has 7 heteroatoms. The van der Waals surface area contributed by atoms with E-state index in [2.05, 4.69) is 4.98 Å². The number of imidazole rings is 1. The Morgan fingerprint density at radius 2 is 2.11 bits per heavy atom. The summed E-state index contributed by atoms with van der Waals surface area (Å²) < 4.78 is 1.66. The topological polar surface area (TPSA) is 81.3 Å². The van der Waals surface area contributed by atoms with Crippen molar-refractivity contribution < 1.29 is 9.72 Å². The van der Waals surface area contributed by atoms with Crippen LogP contribution in [0.3, 0.4) is 0 Å². The molecule has 0 unspecified atom stereocenters. The average Bonchev–Trinajstić information content (AvgIpc) is 2.90. The molecule has 0 saturated heterocycles. The number of non-ortho nitro benzene ring substituents is 1. The van der Waals surface area contributed by atoms with Crippen molar-refractivity contribution in [3.8, 4) is 0 Å². The van der Waals surface area contributed by atoms with E-state index in [1.165, 1.54) is 17.0 Å². The summed E-state index contributed by atoms with van der Waals surface area (Å²) >= 11 is 0. The van der Waals surface area contributed by atoms with Crippen LogP contribution in [-0.2, 0) is 11.3 Å². The van der Waals surface area contributed by atoms with Crippen molar-refractivity contribution >= 4 is 17.3 Å². The summed E-state index contributed by atoms with van der Waals surface area (Å²) in [6.07, 6.45) is 4.85. The highest BCUT2D eigenvalue weighted by atomic mass is 16.6. The maximum absolute atomic E-state index is 12.0. The molecule has 2 aromatic rings. The van der Waals surface area contributed by atoms with Crippen LogP contribution in [0.1, 0.15) is 0 Å². The molecular formula is C12H12N4O3. The molecule has 1 amide bonds. The number of hydrogen-bond donors (Lipinski definition) is 0. The molecule has 98 valence electrons. The number of carbonyl (C=O) groups excluding carboxylic acids is 1. The number of likely N-dealkylation sites (N-methyl/N-ethyl adjacent to an activating group) is 1. The van der Waals surface area contributed by atoms with Gasteiger partial charge in [0, 0.05) is 37.3 Å². The molecule has 1 aromatic heterocycles. The highest BCUT2D eigenvalue weighted by Gasteiger charge is 2.12. The Bertz CT molecular complexity index is 578. The smallest absolute Gasteiger partial charge is 0.269 e. The zero-order valence-electron chi connectivity index (χ0n) is 10.3. The molecule has 0 aliphatic carbocycles. The first-order valence-corrected chi connectivity index (χ1v) is 5.54. The maximum Gasteiger partial charge on any atom is 0.269 e. The predicted octanol–water partition coefficient (Wildman–Crippen LogP) is 1.45. The Balaban J connectivity index is 2.08. The van der Waals surface area contributed by atoms with E-state index in [9.17, 15) is 14.9 Å². The van der Waals surface area contributed by atoms with E-state index in [-0.39, 0.29) is 18.1 Å². The number of nitrogens with zero attached hydrogens (tertiary/aromatic N) is 4. The normalized spacial score (nSPS) is 10.2. The lowest BCUT2D eigenvalue weighted by molar-refractivity contribution is -0.384. The number of aromatic nitrogens is 2. The van der Waals surface area contributed by atoms with E-state index in [0.29, 0.717) is 5.69 Å². The third kappa shape index (κ3) is 2.95. The van der Waals surface area contributed by atoms with Crippen molar-refractivity contribution in [1.29, 1.82) is 0 Å². The second kappa shape index (κ2) is 5.30. The third-order valence-corrected chi connectivity index (χ3v) is 2.70. The summed E-state index contributed by atoms with van der Waals surface area (Å²) in [7, 11) is 1.63. The summed E-state index contributed by atoms with van der Waals surface area (Å²) in [5, 5.41) is 10.5. The maximum atomic E-state index is 12.0. The number of benzene rings is 1. The molecule has 1 heterocycles. The SMILES string of the molecule is CN(C(=O)Cn1ccnc1)c1ccc([N+](=O)[O-])cc1. The van der Waals surface area contributed by atoms with E-state index in [4.69, 9.17) is 0 Å². The fraction of sp³-hybridized carbons (Fsp3) is 0.167. The van der Waals surface area contributed by atoms with Crippen molar-refractivity contribution in [3.05, 3.63) is 53.1 Å². The third-order valence-electron chi connectivity index (χ3n) is 2.70. The Morgan fingerprint density at radius 3 is 2.63 bits per heavy atom. The van der Waals surface area contributed by atoms with Crippen LogP contribution in [0.25, 0.3) is 0 Å². The lowest BCUT2D eigenvalue weighted by atomic mass is 10.2. The van der Waals surface area contributed by atoms with Crippen LogP contribution < -0.4 is 4.90 Å². The van der Waals surface area contributed by atoms with E-state index in [1.54, 1.807) is 42.5 Å². The standard InChI is InChI=1S/C12H12N4O3/c1-14(12(17)8-15-7-6-13-9-15)10-2-4-11(5-3-10)16(18)19/h2-7,9H,8H2,1H3. The Labute approximate surface area is 109 Å². The highest BCUT2D eigenvalue weighted by molar-refractivity contribution is 5.92. The minimum atomic E-state index is -0.475. The number of rotatable bonds is 4. The number of anilines is 1. The summed E-state index contributed by atoms with van der Waals surface area (Å²) in [6, 6.07) is 5.83. The molecule has 0 aliphatic rings. The van der Waals surface area contributed by atoms with Crippen molar-refractivity contribution in [3.63, 3.8) is 0 Å². The van der Waals surface area contributed by atoms with Crippen LogP contribution in [0, 0.1) is 10.1 Å². The van der Waals surface area contributed by atoms with Gasteiger partial charge in [-0.1, -0.05) is 0 Å². The molecule has 7 nitrogen and oxygen atoms in total. The minimum absolute atomic E-state index is 0.000733. The van der Waals surface area contributed by atoms with E-state index < -0.39 is 4.92 Å². The van der Waals surface area contributed by atoms with E-state index >= 15 is 0 Å². The molecule has 0 bridgehead atoms. The summed E-state index contributed by atoms with van der Waals surface area (Å²) in [6.45, 7) is 0.174. The molecule has 0 N–H and O–H groups in total. The summed E-state index contributed by atoms with van der Waals surface area (Å²) in [4.78, 5) is 27.3. The summed E-state index contributed by atoms with van der Waals surface area (Å²) in [5.41, 5.74) is 0.606. The number of hydrogen-bond acceptors (Lipinski definition) is 4. The van der Waals surface area contributed by atoms with E-state index in [0.717, 1.165) is 0 Å². The first-order chi connectivity index (χ1) is 9.08. The van der Waals surface area contributed by atoms with Crippen molar-refractivity contribution in [2.24, 2.45) is 0 Å². The van der Waals surface area contributed by atoms with Gasteiger partial charge in [-0.15, -0.1) is 0 Å². The van der Waals surface area contributed by atoms with Crippen LogP contribution in [0.5, 0.6) is 0 Å². The van der Waals surface area contributed by atoms with E-state index in [1.807, 2.05) is 0 Å². The molecule has 0 saturated carbocycles. The zero-order chi connectivity index (χ0) is 13.8. The fourth-order valence-corrected chi connectivity index (χ4v) is 1.58. The lowest BCUT2D eigenvalue weighted by Gasteiger charge is -2.17. The molecule has 2 rings (SSSR count). The number of nitro benzene ring substituents is 1. The van der Waals surface area contributed by atoms with Crippen molar-refractivity contribution in [2.75, 3.05) is 11.9 Å². The van der Waals surface area contributed by atoms with Gasteiger partial charge in [-0.05, 0) is 12.1 Å². The van der Waals surface area contributed by atoms with Crippen LogP contribution in [0.15, 0.2) is 43.0 Å². The molecular weight excluding hydrogens is 248 g/mol. The predicted molar refractivity (Wildman–Crippen MR) is 68.7 cm³/mol. The second-order valence-corrected chi connectivity index (χ2v) is 3.96. The van der Waals surface area contributed by atoms with Crippen molar-refractivity contribution in [1.82, 2.24) is 9.55 Å². The molecule has 1 aromatic carbocycles. The zero-order valence-corrected chi connectivity index (χ0v) is 10.3. The minimum Gasteiger partial charge on any atom is -0.328 e. The number of carbonyl (C=O) groups is 1. The summed E-state index contributed by atoms with van der Waals surface area (Å²) in [5.74, 6) is -0.133. The largest absolute Gasteiger partial charge is 0.328 e. The van der Waals surface area contributed by atoms with Gasteiger partial charge in [-0.2, -0.15) is 0 Å². The van der Waals surface area contributed by atoms with Crippen molar-refractivity contribution in [2.45, 2.75) is 6.54 Å².